The second-order valence-electron chi connectivity index (χ2n) is 3.62. The molecule has 1 unspecified atom stereocenters. The van der Waals surface area contributed by atoms with Gasteiger partial charge in [0.15, 0.2) is 0 Å². The third-order valence-corrected chi connectivity index (χ3v) is 3.03. The highest BCUT2D eigenvalue weighted by Gasteiger charge is 2.12. The Labute approximate surface area is 99.4 Å². The first kappa shape index (κ1) is 11.0. The van der Waals surface area contributed by atoms with E-state index in [1.54, 1.807) is 19.5 Å². The lowest BCUT2D eigenvalue weighted by Crippen LogP contribution is -1.94. The third-order valence-electron chi connectivity index (χ3n) is 2.52. The van der Waals surface area contributed by atoms with Crippen LogP contribution in [0.2, 0.25) is 0 Å². The Hall–Kier alpha value is -1.48. The van der Waals surface area contributed by atoms with Gasteiger partial charge in [0.25, 0.3) is 0 Å². The van der Waals surface area contributed by atoms with E-state index in [1.165, 1.54) is 0 Å². The fourth-order valence-corrected chi connectivity index (χ4v) is 1.91. The summed E-state index contributed by atoms with van der Waals surface area (Å²) in [6.45, 7) is 2.00. The number of benzene rings is 1. The molecule has 0 saturated carbocycles. The largest absolute Gasteiger partial charge is 0.496 e. The van der Waals surface area contributed by atoms with Crippen LogP contribution in [0.15, 0.2) is 30.6 Å². The molecule has 0 aliphatic rings. The Kier molecular flexibility index (Phi) is 3.15. The number of nitrogens with one attached hydrogen (secondary N) is 1. The molecular weight excluding hydrogens is 224 g/mol. The standard InChI is InChI=1S/C12H13ClN2O/c1-8-5-9(3-4-11(8)16-2)12(13)10-6-14-15-7-10/h3-7,12H,1-2H3,(H,14,15). The number of H-pyrrole nitrogens is 1. The number of hydrogen-bond donors (Lipinski definition) is 1. The van der Waals surface area contributed by atoms with E-state index in [-0.39, 0.29) is 5.38 Å². The number of aryl methyl sites for hydroxylation is 1. The normalized spacial score (nSPS) is 12.4. The molecule has 1 aromatic carbocycles. The van der Waals surface area contributed by atoms with Crippen molar-refractivity contribution < 1.29 is 4.74 Å². The van der Waals surface area contributed by atoms with Crippen LogP contribution in [0.1, 0.15) is 22.1 Å². The third kappa shape index (κ3) is 2.04. The van der Waals surface area contributed by atoms with Crippen molar-refractivity contribution in [2.75, 3.05) is 7.11 Å². The van der Waals surface area contributed by atoms with Crippen molar-refractivity contribution in [3.63, 3.8) is 0 Å². The molecule has 0 amide bonds. The quantitative estimate of drug-likeness (QED) is 0.832. The van der Waals surface area contributed by atoms with Gasteiger partial charge in [-0.25, -0.2) is 0 Å². The Balaban J connectivity index is 2.31. The van der Waals surface area contributed by atoms with Gasteiger partial charge in [-0.05, 0) is 24.1 Å². The molecular formula is C12H13ClN2O. The summed E-state index contributed by atoms with van der Waals surface area (Å²) in [5.74, 6) is 0.875. The Morgan fingerprint density at radius 2 is 2.19 bits per heavy atom. The number of aromatic nitrogens is 2. The lowest BCUT2D eigenvalue weighted by atomic mass is 10.0. The maximum absolute atomic E-state index is 6.34. The first-order valence-corrected chi connectivity index (χ1v) is 5.43. The van der Waals surface area contributed by atoms with Crippen molar-refractivity contribution in [2.45, 2.75) is 12.3 Å². The molecule has 1 atom stereocenters. The predicted octanol–water partition coefficient (Wildman–Crippen LogP) is 3.05. The van der Waals surface area contributed by atoms with Gasteiger partial charge < -0.3 is 4.74 Å². The van der Waals surface area contributed by atoms with Gasteiger partial charge in [-0.2, -0.15) is 5.10 Å². The van der Waals surface area contributed by atoms with E-state index in [0.29, 0.717) is 0 Å². The van der Waals surface area contributed by atoms with Gasteiger partial charge in [-0.3, -0.25) is 5.10 Å². The molecule has 4 heteroatoms. The molecule has 16 heavy (non-hydrogen) atoms. The average Bonchev–Trinajstić information content (AvgIpc) is 2.81. The molecule has 2 aromatic rings. The van der Waals surface area contributed by atoms with E-state index in [2.05, 4.69) is 10.2 Å². The van der Waals surface area contributed by atoms with Crippen LogP contribution in [-0.4, -0.2) is 17.3 Å². The predicted molar refractivity (Wildman–Crippen MR) is 64.0 cm³/mol. The van der Waals surface area contributed by atoms with Gasteiger partial charge in [0, 0.05) is 11.8 Å². The maximum atomic E-state index is 6.34. The van der Waals surface area contributed by atoms with Crippen LogP contribution in [0.4, 0.5) is 0 Å². The Morgan fingerprint density at radius 3 is 2.75 bits per heavy atom. The lowest BCUT2D eigenvalue weighted by molar-refractivity contribution is 0.411. The highest BCUT2D eigenvalue weighted by atomic mass is 35.5. The highest BCUT2D eigenvalue weighted by molar-refractivity contribution is 6.22. The number of rotatable bonds is 3. The monoisotopic (exact) mass is 236 g/mol. The number of nitrogens with zero attached hydrogens (tertiary/aromatic N) is 1. The number of halogens is 1. The molecule has 3 nitrogen and oxygen atoms in total. The first-order chi connectivity index (χ1) is 7.72. The van der Waals surface area contributed by atoms with Crippen LogP contribution < -0.4 is 4.74 Å². The molecule has 0 radical (unpaired) electrons. The van der Waals surface area contributed by atoms with Crippen LogP contribution in [0.5, 0.6) is 5.75 Å². The highest BCUT2D eigenvalue weighted by Crippen LogP contribution is 2.30. The van der Waals surface area contributed by atoms with Crippen molar-refractivity contribution in [2.24, 2.45) is 0 Å². The van der Waals surface area contributed by atoms with Gasteiger partial charge in [0.05, 0.1) is 18.7 Å². The summed E-state index contributed by atoms with van der Waals surface area (Å²) >= 11 is 6.34. The molecule has 84 valence electrons. The average molecular weight is 237 g/mol. The molecule has 0 spiro atoms. The molecule has 0 saturated heterocycles. The molecule has 1 aromatic heterocycles. The minimum Gasteiger partial charge on any atom is -0.496 e. The lowest BCUT2D eigenvalue weighted by Gasteiger charge is -2.10. The number of alkyl halides is 1. The van der Waals surface area contributed by atoms with Crippen LogP contribution in [-0.2, 0) is 0 Å². The summed E-state index contributed by atoms with van der Waals surface area (Å²) in [4.78, 5) is 0. The minimum atomic E-state index is -0.177. The first-order valence-electron chi connectivity index (χ1n) is 4.99. The molecule has 1 N–H and O–H groups in total. The smallest absolute Gasteiger partial charge is 0.121 e. The van der Waals surface area contributed by atoms with Crippen LogP contribution in [0.25, 0.3) is 0 Å². The number of methoxy groups -OCH3 is 1. The van der Waals surface area contributed by atoms with E-state index >= 15 is 0 Å². The second-order valence-corrected chi connectivity index (χ2v) is 4.06. The maximum Gasteiger partial charge on any atom is 0.121 e. The summed E-state index contributed by atoms with van der Waals surface area (Å²) in [6.07, 6.45) is 3.54. The zero-order valence-electron chi connectivity index (χ0n) is 9.20. The SMILES string of the molecule is COc1ccc(C(Cl)c2cn[nH]c2)cc1C. The molecule has 2 rings (SSSR count). The summed E-state index contributed by atoms with van der Waals surface area (Å²) in [5, 5.41) is 6.47. The van der Waals surface area contributed by atoms with E-state index in [0.717, 1.165) is 22.4 Å². The van der Waals surface area contributed by atoms with Crippen molar-refractivity contribution >= 4 is 11.6 Å². The minimum absolute atomic E-state index is 0.177. The molecule has 0 fully saturated rings. The van der Waals surface area contributed by atoms with Gasteiger partial charge in [0.1, 0.15) is 5.75 Å². The van der Waals surface area contributed by atoms with Crippen molar-refractivity contribution in [3.05, 3.63) is 47.3 Å². The van der Waals surface area contributed by atoms with Crippen LogP contribution in [0.3, 0.4) is 0 Å². The zero-order chi connectivity index (χ0) is 11.5. The fraction of sp³-hybridized carbons (Fsp3) is 0.250. The van der Waals surface area contributed by atoms with Gasteiger partial charge in [-0.15, -0.1) is 11.6 Å². The molecule has 0 aliphatic carbocycles. The van der Waals surface area contributed by atoms with Crippen molar-refractivity contribution in [1.29, 1.82) is 0 Å². The summed E-state index contributed by atoms with van der Waals surface area (Å²) in [5.41, 5.74) is 3.08. The van der Waals surface area contributed by atoms with E-state index in [9.17, 15) is 0 Å². The second kappa shape index (κ2) is 4.58. The van der Waals surface area contributed by atoms with Crippen molar-refractivity contribution in [1.82, 2.24) is 10.2 Å². The molecule has 0 bridgehead atoms. The molecule has 1 heterocycles. The van der Waals surface area contributed by atoms with Crippen molar-refractivity contribution in [3.8, 4) is 5.75 Å². The van der Waals surface area contributed by atoms with E-state index in [4.69, 9.17) is 16.3 Å². The zero-order valence-corrected chi connectivity index (χ0v) is 9.95. The number of hydrogen-bond acceptors (Lipinski definition) is 2. The van der Waals surface area contributed by atoms with Crippen LogP contribution >= 0.6 is 11.6 Å². The van der Waals surface area contributed by atoms with E-state index in [1.807, 2.05) is 25.1 Å². The fourth-order valence-electron chi connectivity index (χ4n) is 1.65. The Morgan fingerprint density at radius 1 is 1.38 bits per heavy atom. The summed E-state index contributed by atoms with van der Waals surface area (Å²) in [7, 11) is 1.66. The number of ether oxygens (including phenoxy) is 1. The Bertz CT molecular complexity index is 468. The van der Waals surface area contributed by atoms with Gasteiger partial charge >= 0.3 is 0 Å². The van der Waals surface area contributed by atoms with Gasteiger partial charge in [-0.1, -0.05) is 12.1 Å². The summed E-state index contributed by atoms with van der Waals surface area (Å²) < 4.78 is 5.21. The summed E-state index contributed by atoms with van der Waals surface area (Å²) in [6, 6.07) is 5.93. The number of aromatic amines is 1. The van der Waals surface area contributed by atoms with E-state index < -0.39 is 0 Å². The molecule has 0 aliphatic heterocycles. The van der Waals surface area contributed by atoms with Crippen LogP contribution in [0, 0.1) is 6.92 Å². The topological polar surface area (TPSA) is 37.9 Å². The van der Waals surface area contributed by atoms with Gasteiger partial charge in [0.2, 0.25) is 0 Å².